The molecule has 0 aromatic carbocycles. The van der Waals surface area contributed by atoms with Gasteiger partial charge in [0.25, 0.3) is 0 Å². The monoisotopic (exact) mass is 501 g/mol. The van der Waals surface area contributed by atoms with Gasteiger partial charge in [0, 0.05) is 32.4 Å². The molecule has 0 bridgehead atoms. The predicted molar refractivity (Wildman–Crippen MR) is 139 cm³/mol. The van der Waals surface area contributed by atoms with Gasteiger partial charge in [0.05, 0.1) is 6.54 Å². The minimum Gasteiger partial charge on any atom is -1.00 e. The summed E-state index contributed by atoms with van der Waals surface area (Å²) in [5, 5.41) is 5.21. The van der Waals surface area contributed by atoms with Gasteiger partial charge >= 0.3 is 0 Å². The number of nitrogens with two attached hydrogens (primary N) is 1. The van der Waals surface area contributed by atoms with Crippen molar-refractivity contribution >= 4 is 11.8 Å². The number of carbonyl (C=O) groups is 2. The molecule has 0 unspecified atom stereocenters. The van der Waals surface area contributed by atoms with Crippen LogP contribution >= 0.6 is 0 Å². The maximum Gasteiger partial charge on any atom is 0.226 e. The zero-order valence-corrected chi connectivity index (χ0v) is 23.3. The average molecular weight is 502 g/mol. The van der Waals surface area contributed by atoms with Gasteiger partial charge in [0.15, 0.2) is 6.67 Å². The first-order valence-electron chi connectivity index (χ1n) is 14.5. The summed E-state index contributed by atoms with van der Waals surface area (Å²) >= 11 is 0. The lowest BCUT2D eigenvalue weighted by atomic mass is 10.0. The number of amides is 2. The van der Waals surface area contributed by atoms with Crippen molar-refractivity contribution in [1.82, 2.24) is 10.2 Å². The molecule has 34 heavy (non-hydrogen) atoms. The Kier molecular flexibility index (Phi) is 23.3. The highest BCUT2D eigenvalue weighted by atomic mass is 35.5. The van der Waals surface area contributed by atoms with Gasteiger partial charge in [-0.05, 0) is 18.8 Å². The quantitative estimate of drug-likeness (QED) is 0.211. The molecule has 1 fully saturated rings. The van der Waals surface area contributed by atoms with E-state index >= 15 is 0 Å². The van der Waals surface area contributed by atoms with Gasteiger partial charge in [-0.3, -0.25) is 14.5 Å². The highest BCUT2D eigenvalue weighted by Gasteiger charge is 2.20. The second kappa shape index (κ2) is 23.9. The molecule has 1 aliphatic heterocycles. The lowest BCUT2D eigenvalue weighted by Crippen LogP contribution is -3.00. The topological polar surface area (TPSA) is 66.0 Å². The highest BCUT2D eigenvalue weighted by molar-refractivity contribution is 5.77. The molecule has 202 valence electrons. The van der Waals surface area contributed by atoms with Gasteiger partial charge in [0.2, 0.25) is 11.8 Å². The Balaban J connectivity index is 0.0000109. The SMILES string of the molecule is CC(C)CCCCCCCCCCCCCCCCC(=O)NCCC[NH2+]CN1CCCC1=O.[Cl-]. The number of likely N-dealkylation sites (tertiary alicyclic amines) is 1. The second-order valence-electron chi connectivity index (χ2n) is 10.6. The van der Waals surface area contributed by atoms with Crippen LogP contribution in [0.4, 0.5) is 0 Å². The molecular weight excluding hydrogens is 446 g/mol. The zero-order chi connectivity index (χ0) is 24.0. The second-order valence-corrected chi connectivity index (χ2v) is 10.6. The fraction of sp³-hybridized carbons (Fsp3) is 0.929. The molecule has 3 N–H and O–H groups in total. The number of nitrogens with one attached hydrogen (secondary N) is 1. The van der Waals surface area contributed by atoms with Crippen LogP contribution in [0, 0.1) is 5.92 Å². The van der Waals surface area contributed by atoms with Crippen LogP contribution in [0.1, 0.15) is 136 Å². The standard InChI is InChI=1S/C28H55N3O2.ClH/c1-26(2)19-15-13-11-9-7-5-3-4-6-8-10-12-14-16-20-27(32)30-23-18-22-29-25-31-24-17-21-28(31)33;/h26,29H,3-25H2,1-2H3,(H,30,32);1H. The van der Waals surface area contributed by atoms with Gasteiger partial charge in [-0.2, -0.15) is 0 Å². The van der Waals surface area contributed by atoms with E-state index in [1.165, 1.54) is 89.9 Å². The van der Waals surface area contributed by atoms with E-state index in [1.807, 2.05) is 4.90 Å². The number of hydrogen-bond acceptors (Lipinski definition) is 2. The van der Waals surface area contributed by atoms with Gasteiger partial charge in [-0.15, -0.1) is 0 Å². The molecule has 2 amide bonds. The number of quaternary nitrogens is 1. The minimum absolute atomic E-state index is 0. The van der Waals surface area contributed by atoms with Crippen LogP contribution in [0.2, 0.25) is 0 Å². The van der Waals surface area contributed by atoms with Gasteiger partial charge in [-0.1, -0.05) is 104 Å². The van der Waals surface area contributed by atoms with E-state index in [2.05, 4.69) is 24.5 Å². The number of hydrogen-bond donors (Lipinski definition) is 2. The van der Waals surface area contributed by atoms with Crippen molar-refractivity contribution < 1.29 is 27.3 Å². The molecule has 1 heterocycles. The summed E-state index contributed by atoms with van der Waals surface area (Å²) in [4.78, 5) is 25.4. The van der Waals surface area contributed by atoms with Gasteiger partial charge in [-0.25, -0.2) is 0 Å². The van der Waals surface area contributed by atoms with Crippen LogP contribution < -0.4 is 23.0 Å². The van der Waals surface area contributed by atoms with Crippen LogP contribution in [0.25, 0.3) is 0 Å². The molecule has 0 aromatic rings. The predicted octanol–water partition coefficient (Wildman–Crippen LogP) is 2.54. The third-order valence-corrected chi connectivity index (χ3v) is 6.86. The molecule has 0 radical (unpaired) electrons. The maximum absolute atomic E-state index is 11.9. The number of carbonyl (C=O) groups excluding carboxylic acids is 2. The smallest absolute Gasteiger partial charge is 0.226 e. The van der Waals surface area contributed by atoms with Crippen LogP contribution in [0.3, 0.4) is 0 Å². The Morgan fingerprint density at radius 2 is 1.38 bits per heavy atom. The Morgan fingerprint density at radius 3 is 1.88 bits per heavy atom. The largest absolute Gasteiger partial charge is 1.00 e. The summed E-state index contributed by atoms with van der Waals surface area (Å²) in [5.41, 5.74) is 0. The fourth-order valence-electron chi connectivity index (χ4n) is 4.67. The third-order valence-electron chi connectivity index (χ3n) is 6.86. The first kappa shape index (κ1) is 33.2. The van der Waals surface area contributed by atoms with E-state index in [0.29, 0.717) is 12.8 Å². The van der Waals surface area contributed by atoms with Crippen LogP contribution in [-0.4, -0.2) is 43.0 Å². The van der Waals surface area contributed by atoms with Crippen molar-refractivity contribution in [1.29, 1.82) is 0 Å². The van der Waals surface area contributed by atoms with E-state index in [4.69, 9.17) is 0 Å². The molecule has 0 aromatic heterocycles. The summed E-state index contributed by atoms with van der Waals surface area (Å²) in [6, 6.07) is 0. The molecule has 0 spiro atoms. The van der Waals surface area contributed by atoms with Crippen molar-refractivity contribution in [2.75, 3.05) is 26.3 Å². The molecule has 6 heteroatoms. The fourth-order valence-corrected chi connectivity index (χ4v) is 4.67. The van der Waals surface area contributed by atoms with Crippen molar-refractivity contribution in [2.45, 2.75) is 136 Å². The first-order chi connectivity index (χ1) is 16.1. The molecule has 1 saturated heterocycles. The molecule has 0 saturated carbocycles. The van der Waals surface area contributed by atoms with Gasteiger partial charge < -0.3 is 23.0 Å². The van der Waals surface area contributed by atoms with E-state index < -0.39 is 0 Å². The van der Waals surface area contributed by atoms with Crippen LogP contribution in [-0.2, 0) is 9.59 Å². The molecule has 0 atom stereocenters. The van der Waals surface area contributed by atoms with Crippen molar-refractivity contribution in [2.24, 2.45) is 5.92 Å². The molecule has 0 aliphatic carbocycles. The molecule has 5 nitrogen and oxygen atoms in total. The summed E-state index contributed by atoms with van der Waals surface area (Å²) in [6.45, 7) is 8.04. The zero-order valence-electron chi connectivity index (χ0n) is 22.6. The van der Waals surface area contributed by atoms with E-state index in [9.17, 15) is 9.59 Å². The third kappa shape index (κ3) is 20.6. The minimum atomic E-state index is 0. The lowest BCUT2D eigenvalue weighted by Gasteiger charge is -2.13. The van der Waals surface area contributed by atoms with E-state index in [1.54, 1.807) is 0 Å². The maximum atomic E-state index is 11.9. The Morgan fingerprint density at radius 1 is 0.853 bits per heavy atom. The van der Waals surface area contributed by atoms with Crippen molar-refractivity contribution in [3.8, 4) is 0 Å². The summed E-state index contributed by atoms with van der Waals surface area (Å²) < 4.78 is 0. The van der Waals surface area contributed by atoms with Crippen LogP contribution in [0.15, 0.2) is 0 Å². The summed E-state index contributed by atoms with van der Waals surface area (Å²) in [6.07, 6.45) is 23.7. The number of rotatable bonds is 23. The molecule has 1 aliphatic rings. The van der Waals surface area contributed by atoms with Crippen molar-refractivity contribution in [3.63, 3.8) is 0 Å². The van der Waals surface area contributed by atoms with Gasteiger partial charge in [0.1, 0.15) is 0 Å². The number of halogens is 1. The Bertz CT molecular complexity index is 488. The average Bonchev–Trinajstić information content (AvgIpc) is 3.20. The number of unbranched alkanes of at least 4 members (excludes halogenated alkanes) is 13. The highest BCUT2D eigenvalue weighted by Crippen LogP contribution is 2.14. The van der Waals surface area contributed by atoms with Crippen LogP contribution in [0.5, 0.6) is 0 Å². The van der Waals surface area contributed by atoms with Crippen molar-refractivity contribution in [3.05, 3.63) is 0 Å². The van der Waals surface area contributed by atoms with E-state index in [0.717, 1.165) is 51.5 Å². The molecule has 1 rings (SSSR count). The molecular formula is C28H56ClN3O2. The normalized spacial score (nSPS) is 13.5. The summed E-state index contributed by atoms with van der Waals surface area (Å²) in [7, 11) is 0. The Labute approximate surface area is 217 Å². The number of nitrogens with zero attached hydrogens (tertiary/aromatic N) is 1. The lowest BCUT2D eigenvalue weighted by molar-refractivity contribution is -0.668. The first-order valence-corrected chi connectivity index (χ1v) is 14.5. The summed E-state index contributed by atoms with van der Waals surface area (Å²) in [5.74, 6) is 1.35. The Hall–Kier alpha value is -0.810. The van der Waals surface area contributed by atoms with E-state index in [-0.39, 0.29) is 24.2 Å².